The molecular weight excluding hydrogens is 236 g/mol. The third-order valence-corrected chi connectivity index (χ3v) is 2.46. The van der Waals surface area contributed by atoms with Gasteiger partial charge in [-0.3, -0.25) is 9.59 Å². The van der Waals surface area contributed by atoms with Gasteiger partial charge in [-0.2, -0.15) is 0 Å². The van der Waals surface area contributed by atoms with E-state index in [1.807, 2.05) is 0 Å². The van der Waals surface area contributed by atoms with E-state index in [4.69, 9.17) is 9.84 Å². The first kappa shape index (κ1) is 16.9. The minimum absolute atomic E-state index is 0.0899. The Morgan fingerprint density at radius 1 is 1.17 bits per heavy atom. The molecule has 0 aromatic carbocycles. The summed E-state index contributed by atoms with van der Waals surface area (Å²) in [6.07, 6.45) is 4.87. The quantitative estimate of drug-likeness (QED) is 0.479. The monoisotopic (exact) mass is 260 g/mol. The lowest BCUT2D eigenvalue weighted by Crippen LogP contribution is -2.28. The summed E-state index contributed by atoms with van der Waals surface area (Å²) in [5.41, 5.74) is 0. The van der Waals surface area contributed by atoms with Crippen LogP contribution in [0.3, 0.4) is 0 Å². The van der Waals surface area contributed by atoms with Crippen molar-refractivity contribution in [1.29, 1.82) is 0 Å². The van der Waals surface area contributed by atoms with Crippen molar-refractivity contribution in [2.24, 2.45) is 0 Å². The highest BCUT2D eigenvalue weighted by Crippen LogP contribution is 2.06. The smallest absolute Gasteiger partial charge is 0.306 e. The lowest BCUT2D eigenvalue weighted by molar-refractivity contribution is -0.160. The summed E-state index contributed by atoms with van der Waals surface area (Å²) in [6.45, 7) is 2.97. The minimum Gasteiger partial charge on any atom is -0.462 e. The standard InChI is InChI=1S/C13H24O5/c1-3-4-5-6-7-8-13(16)18-12(9-14)10-17-11(2)15/h12,14H,3-10H2,1-2H3. The first-order valence-electron chi connectivity index (χ1n) is 6.53. The van der Waals surface area contributed by atoms with Gasteiger partial charge in [0, 0.05) is 13.3 Å². The second-order valence-corrected chi connectivity index (χ2v) is 4.26. The molecule has 0 aromatic rings. The van der Waals surface area contributed by atoms with Crippen LogP contribution in [0.2, 0.25) is 0 Å². The molecule has 1 unspecified atom stereocenters. The molecule has 5 heteroatoms. The van der Waals surface area contributed by atoms with Gasteiger partial charge in [0.25, 0.3) is 0 Å². The van der Waals surface area contributed by atoms with Crippen molar-refractivity contribution in [1.82, 2.24) is 0 Å². The van der Waals surface area contributed by atoms with Crippen molar-refractivity contribution in [3.8, 4) is 0 Å². The van der Waals surface area contributed by atoms with Crippen molar-refractivity contribution in [3.05, 3.63) is 0 Å². The number of carbonyl (C=O) groups excluding carboxylic acids is 2. The molecule has 0 rings (SSSR count). The summed E-state index contributed by atoms with van der Waals surface area (Å²) in [5, 5.41) is 8.96. The van der Waals surface area contributed by atoms with Gasteiger partial charge < -0.3 is 14.6 Å². The molecule has 0 fully saturated rings. The third-order valence-electron chi connectivity index (χ3n) is 2.46. The lowest BCUT2D eigenvalue weighted by atomic mass is 10.1. The van der Waals surface area contributed by atoms with Crippen LogP contribution in [-0.4, -0.2) is 36.4 Å². The van der Waals surface area contributed by atoms with Crippen LogP contribution in [0.15, 0.2) is 0 Å². The van der Waals surface area contributed by atoms with Crippen LogP contribution in [0.25, 0.3) is 0 Å². The number of hydrogen-bond donors (Lipinski definition) is 1. The van der Waals surface area contributed by atoms with Gasteiger partial charge in [-0.1, -0.05) is 32.6 Å². The van der Waals surface area contributed by atoms with E-state index in [1.165, 1.54) is 19.8 Å². The van der Waals surface area contributed by atoms with Crippen LogP contribution in [0.1, 0.15) is 52.4 Å². The Morgan fingerprint density at radius 2 is 1.83 bits per heavy atom. The third kappa shape index (κ3) is 10.1. The number of ether oxygens (including phenoxy) is 2. The van der Waals surface area contributed by atoms with E-state index in [0.717, 1.165) is 19.3 Å². The SMILES string of the molecule is CCCCCCCC(=O)OC(CO)COC(C)=O. The second-order valence-electron chi connectivity index (χ2n) is 4.26. The lowest BCUT2D eigenvalue weighted by Gasteiger charge is -2.15. The molecule has 18 heavy (non-hydrogen) atoms. The molecule has 0 spiro atoms. The molecule has 5 nitrogen and oxygen atoms in total. The first-order valence-corrected chi connectivity index (χ1v) is 6.53. The van der Waals surface area contributed by atoms with Crippen molar-refractivity contribution < 1.29 is 24.2 Å². The fourth-order valence-electron chi connectivity index (χ4n) is 1.45. The zero-order valence-electron chi connectivity index (χ0n) is 11.3. The van der Waals surface area contributed by atoms with Crippen LogP contribution in [0.4, 0.5) is 0 Å². The molecule has 0 aliphatic heterocycles. The van der Waals surface area contributed by atoms with E-state index in [0.29, 0.717) is 6.42 Å². The summed E-state index contributed by atoms with van der Waals surface area (Å²) >= 11 is 0. The number of esters is 2. The van der Waals surface area contributed by atoms with Gasteiger partial charge in [-0.25, -0.2) is 0 Å². The molecule has 0 aromatic heterocycles. The van der Waals surface area contributed by atoms with E-state index >= 15 is 0 Å². The van der Waals surface area contributed by atoms with Gasteiger partial charge in [-0.15, -0.1) is 0 Å². The summed E-state index contributed by atoms with van der Waals surface area (Å²) in [7, 11) is 0. The van der Waals surface area contributed by atoms with Crippen LogP contribution < -0.4 is 0 Å². The van der Waals surface area contributed by atoms with Gasteiger partial charge in [-0.05, 0) is 6.42 Å². The van der Waals surface area contributed by atoms with Gasteiger partial charge in [0.1, 0.15) is 6.61 Å². The van der Waals surface area contributed by atoms with Gasteiger partial charge in [0.05, 0.1) is 6.61 Å². The van der Waals surface area contributed by atoms with Gasteiger partial charge in [0.15, 0.2) is 6.10 Å². The number of rotatable bonds is 10. The zero-order valence-corrected chi connectivity index (χ0v) is 11.3. The molecule has 0 bridgehead atoms. The molecular formula is C13H24O5. The molecule has 0 radical (unpaired) electrons. The van der Waals surface area contributed by atoms with E-state index in [9.17, 15) is 9.59 Å². The predicted octanol–water partition coefficient (Wildman–Crippen LogP) is 1.81. The average Bonchev–Trinajstić information content (AvgIpc) is 2.34. The molecule has 1 N–H and O–H groups in total. The van der Waals surface area contributed by atoms with Crippen LogP contribution in [0, 0.1) is 0 Å². The number of carbonyl (C=O) groups is 2. The van der Waals surface area contributed by atoms with Crippen molar-refractivity contribution in [2.45, 2.75) is 58.5 Å². The van der Waals surface area contributed by atoms with Crippen molar-refractivity contribution in [3.63, 3.8) is 0 Å². The minimum atomic E-state index is -0.753. The molecule has 0 aliphatic carbocycles. The largest absolute Gasteiger partial charge is 0.462 e. The van der Waals surface area contributed by atoms with E-state index < -0.39 is 12.1 Å². The van der Waals surface area contributed by atoms with Gasteiger partial charge in [0.2, 0.25) is 0 Å². The Balaban J connectivity index is 3.66. The summed E-state index contributed by atoms with van der Waals surface area (Å²) in [4.78, 5) is 22.0. The van der Waals surface area contributed by atoms with Crippen LogP contribution in [-0.2, 0) is 19.1 Å². The molecule has 0 aliphatic rings. The molecule has 0 amide bonds. The second kappa shape index (κ2) is 11.0. The maximum Gasteiger partial charge on any atom is 0.306 e. The molecule has 106 valence electrons. The Kier molecular flexibility index (Phi) is 10.3. The fraction of sp³-hybridized carbons (Fsp3) is 0.846. The maximum atomic E-state index is 11.4. The zero-order chi connectivity index (χ0) is 13.8. The van der Waals surface area contributed by atoms with Crippen molar-refractivity contribution >= 4 is 11.9 Å². The Hall–Kier alpha value is -1.10. The molecule has 0 saturated carbocycles. The van der Waals surface area contributed by atoms with E-state index in [1.54, 1.807) is 0 Å². The number of aliphatic hydroxyl groups is 1. The highest BCUT2D eigenvalue weighted by molar-refractivity contribution is 5.69. The highest BCUT2D eigenvalue weighted by Gasteiger charge is 2.14. The normalized spacial score (nSPS) is 11.9. The average molecular weight is 260 g/mol. The van der Waals surface area contributed by atoms with E-state index in [2.05, 4.69) is 11.7 Å². The maximum absolute atomic E-state index is 11.4. The Morgan fingerprint density at radius 3 is 2.39 bits per heavy atom. The van der Waals surface area contributed by atoms with Crippen LogP contribution >= 0.6 is 0 Å². The molecule has 1 atom stereocenters. The summed E-state index contributed by atoms with van der Waals surface area (Å²) in [5.74, 6) is -0.804. The Labute approximate surface area is 108 Å². The van der Waals surface area contributed by atoms with E-state index in [-0.39, 0.29) is 19.2 Å². The highest BCUT2D eigenvalue weighted by atomic mass is 16.6. The fourth-order valence-corrected chi connectivity index (χ4v) is 1.45. The number of hydrogen-bond acceptors (Lipinski definition) is 5. The van der Waals surface area contributed by atoms with Crippen molar-refractivity contribution in [2.75, 3.05) is 13.2 Å². The van der Waals surface area contributed by atoms with Crippen LogP contribution in [0.5, 0.6) is 0 Å². The number of aliphatic hydroxyl groups excluding tert-OH is 1. The summed E-state index contributed by atoms with van der Waals surface area (Å²) in [6, 6.07) is 0. The topological polar surface area (TPSA) is 72.8 Å². The Bertz CT molecular complexity index is 240. The summed E-state index contributed by atoms with van der Waals surface area (Å²) < 4.78 is 9.67. The van der Waals surface area contributed by atoms with Gasteiger partial charge >= 0.3 is 11.9 Å². The first-order chi connectivity index (χ1) is 8.60. The molecule has 0 saturated heterocycles. The number of unbranched alkanes of at least 4 members (excludes halogenated alkanes) is 4. The predicted molar refractivity (Wildman–Crippen MR) is 67.0 cm³/mol. The molecule has 0 heterocycles.